The van der Waals surface area contributed by atoms with Crippen LogP contribution in [0.3, 0.4) is 0 Å². The lowest BCUT2D eigenvalue weighted by molar-refractivity contribution is 0.272. The Labute approximate surface area is 83.4 Å². The highest BCUT2D eigenvalue weighted by atomic mass is 32.2. The molecule has 0 aliphatic rings. The molecule has 0 amide bonds. The SMILES string of the molecule is CCCCS(=O)CC(CCO)NC. The molecule has 0 aromatic rings. The molecular weight excluding hydrogens is 186 g/mol. The number of hydrogen-bond donors (Lipinski definition) is 2. The minimum Gasteiger partial charge on any atom is -0.396 e. The number of nitrogens with one attached hydrogen (secondary N) is 1. The molecule has 0 fully saturated rings. The van der Waals surface area contributed by atoms with E-state index in [9.17, 15) is 4.21 Å². The molecular formula is C9H21NO2S. The fraction of sp³-hybridized carbons (Fsp3) is 1.00. The molecule has 2 unspecified atom stereocenters. The van der Waals surface area contributed by atoms with Crippen molar-refractivity contribution in [2.75, 3.05) is 25.2 Å². The van der Waals surface area contributed by atoms with Gasteiger partial charge in [0.2, 0.25) is 0 Å². The average Bonchev–Trinajstić information content (AvgIpc) is 2.14. The maximum Gasteiger partial charge on any atom is 0.0446 e. The number of aliphatic hydroxyl groups excluding tert-OH is 1. The fourth-order valence-corrected chi connectivity index (χ4v) is 2.64. The van der Waals surface area contributed by atoms with Crippen LogP contribution in [0.15, 0.2) is 0 Å². The Balaban J connectivity index is 3.60. The van der Waals surface area contributed by atoms with Gasteiger partial charge in [-0.05, 0) is 19.9 Å². The van der Waals surface area contributed by atoms with Crippen LogP contribution in [0.4, 0.5) is 0 Å². The van der Waals surface area contributed by atoms with E-state index in [4.69, 9.17) is 5.11 Å². The van der Waals surface area contributed by atoms with E-state index in [0.29, 0.717) is 12.2 Å². The van der Waals surface area contributed by atoms with E-state index >= 15 is 0 Å². The third kappa shape index (κ3) is 7.16. The van der Waals surface area contributed by atoms with E-state index in [0.717, 1.165) is 18.6 Å². The zero-order chi connectivity index (χ0) is 10.1. The molecule has 0 aliphatic heterocycles. The predicted molar refractivity (Wildman–Crippen MR) is 57.3 cm³/mol. The molecule has 0 rings (SSSR count). The van der Waals surface area contributed by atoms with Crippen molar-refractivity contribution in [2.45, 2.75) is 32.2 Å². The minimum absolute atomic E-state index is 0.163. The first-order valence-corrected chi connectivity index (χ1v) is 6.36. The molecule has 0 saturated heterocycles. The van der Waals surface area contributed by atoms with Crippen molar-refractivity contribution in [3.8, 4) is 0 Å². The molecule has 0 spiro atoms. The van der Waals surface area contributed by atoms with Gasteiger partial charge in [-0.1, -0.05) is 13.3 Å². The van der Waals surface area contributed by atoms with E-state index in [1.165, 1.54) is 0 Å². The van der Waals surface area contributed by atoms with Gasteiger partial charge in [-0.15, -0.1) is 0 Å². The van der Waals surface area contributed by atoms with Crippen molar-refractivity contribution in [1.82, 2.24) is 5.32 Å². The van der Waals surface area contributed by atoms with Gasteiger partial charge >= 0.3 is 0 Å². The van der Waals surface area contributed by atoms with Crippen LogP contribution in [0.1, 0.15) is 26.2 Å². The molecule has 0 aromatic heterocycles. The second kappa shape index (κ2) is 8.66. The van der Waals surface area contributed by atoms with Crippen LogP contribution in [-0.2, 0) is 10.8 Å². The highest BCUT2D eigenvalue weighted by Gasteiger charge is 2.09. The Bertz CT molecular complexity index is 142. The zero-order valence-corrected chi connectivity index (χ0v) is 9.40. The number of rotatable bonds is 8. The van der Waals surface area contributed by atoms with E-state index in [1.807, 2.05) is 7.05 Å². The summed E-state index contributed by atoms with van der Waals surface area (Å²) >= 11 is 0. The lowest BCUT2D eigenvalue weighted by Crippen LogP contribution is -2.32. The maximum absolute atomic E-state index is 11.4. The Morgan fingerprint density at radius 2 is 2.23 bits per heavy atom. The van der Waals surface area contributed by atoms with Crippen molar-refractivity contribution in [3.05, 3.63) is 0 Å². The summed E-state index contributed by atoms with van der Waals surface area (Å²) in [5.41, 5.74) is 0. The van der Waals surface area contributed by atoms with Gasteiger partial charge in [0.05, 0.1) is 0 Å². The van der Waals surface area contributed by atoms with Crippen LogP contribution >= 0.6 is 0 Å². The van der Waals surface area contributed by atoms with Crippen molar-refractivity contribution < 1.29 is 9.32 Å². The second-order valence-corrected chi connectivity index (χ2v) is 4.78. The van der Waals surface area contributed by atoms with Crippen LogP contribution in [0, 0.1) is 0 Å². The molecule has 0 saturated carbocycles. The Kier molecular flexibility index (Phi) is 8.71. The third-order valence-corrected chi connectivity index (χ3v) is 3.52. The van der Waals surface area contributed by atoms with Crippen molar-refractivity contribution in [1.29, 1.82) is 0 Å². The van der Waals surface area contributed by atoms with Crippen LogP contribution in [0.25, 0.3) is 0 Å². The summed E-state index contributed by atoms with van der Waals surface area (Å²) in [6, 6.07) is 0.197. The summed E-state index contributed by atoms with van der Waals surface area (Å²) < 4.78 is 11.4. The predicted octanol–water partition coefficient (Wildman–Crippen LogP) is 0.506. The summed E-state index contributed by atoms with van der Waals surface area (Å²) in [5.74, 6) is 1.46. The molecule has 0 heterocycles. The molecule has 3 nitrogen and oxygen atoms in total. The first kappa shape index (κ1) is 13.1. The van der Waals surface area contributed by atoms with Crippen LogP contribution in [0.5, 0.6) is 0 Å². The van der Waals surface area contributed by atoms with Gasteiger partial charge in [0.25, 0.3) is 0 Å². The smallest absolute Gasteiger partial charge is 0.0446 e. The van der Waals surface area contributed by atoms with Gasteiger partial charge < -0.3 is 10.4 Å². The third-order valence-electron chi connectivity index (χ3n) is 2.00. The first-order chi connectivity index (χ1) is 6.24. The van der Waals surface area contributed by atoms with Crippen molar-refractivity contribution in [3.63, 3.8) is 0 Å². The van der Waals surface area contributed by atoms with Crippen LogP contribution < -0.4 is 5.32 Å². The molecule has 0 radical (unpaired) electrons. The highest BCUT2D eigenvalue weighted by molar-refractivity contribution is 7.85. The molecule has 2 N–H and O–H groups in total. The van der Waals surface area contributed by atoms with Gasteiger partial charge in [-0.25, -0.2) is 0 Å². The number of aliphatic hydroxyl groups is 1. The molecule has 2 atom stereocenters. The van der Waals surface area contributed by atoms with E-state index in [-0.39, 0.29) is 12.6 Å². The van der Waals surface area contributed by atoms with Gasteiger partial charge in [0.1, 0.15) is 0 Å². The summed E-state index contributed by atoms with van der Waals surface area (Å²) in [6.45, 7) is 2.26. The summed E-state index contributed by atoms with van der Waals surface area (Å²) in [4.78, 5) is 0. The van der Waals surface area contributed by atoms with Gasteiger partial charge in [-0.2, -0.15) is 0 Å². The molecule has 0 bridgehead atoms. The maximum atomic E-state index is 11.4. The molecule has 0 aromatic carbocycles. The molecule has 13 heavy (non-hydrogen) atoms. The fourth-order valence-electron chi connectivity index (χ4n) is 1.08. The Morgan fingerprint density at radius 1 is 1.54 bits per heavy atom. The Hall–Kier alpha value is 0.0700. The van der Waals surface area contributed by atoms with Gasteiger partial charge in [0.15, 0.2) is 0 Å². The highest BCUT2D eigenvalue weighted by Crippen LogP contribution is 1.97. The van der Waals surface area contributed by atoms with E-state index in [2.05, 4.69) is 12.2 Å². The lowest BCUT2D eigenvalue weighted by Gasteiger charge is -2.13. The monoisotopic (exact) mass is 207 g/mol. The topological polar surface area (TPSA) is 49.3 Å². The Morgan fingerprint density at radius 3 is 2.69 bits per heavy atom. The molecule has 0 aliphatic carbocycles. The van der Waals surface area contributed by atoms with E-state index < -0.39 is 10.8 Å². The summed E-state index contributed by atoms with van der Waals surface area (Å²) in [7, 11) is 1.12. The minimum atomic E-state index is -0.725. The quantitative estimate of drug-likeness (QED) is 0.609. The van der Waals surface area contributed by atoms with Crippen molar-refractivity contribution >= 4 is 10.8 Å². The lowest BCUT2D eigenvalue weighted by atomic mass is 10.2. The average molecular weight is 207 g/mol. The second-order valence-electron chi connectivity index (χ2n) is 3.16. The first-order valence-electron chi connectivity index (χ1n) is 4.87. The molecule has 80 valence electrons. The summed E-state index contributed by atoms with van der Waals surface area (Å²) in [5, 5.41) is 11.8. The number of unbranched alkanes of at least 4 members (excludes halogenated alkanes) is 1. The van der Waals surface area contributed by atoms with Gasteiger partial charge in [0, 0.05) is 35.0 Å². The molecule has 4 heteroatoms. The normalized spacial score (nSPS) is 15.6. The number of hydrogen-bond acceptors (Lipinski definition) is 3. The largest absolute Gasteiger partial charge is 0.396 e. The zero-order valence-electron chi connectivity index (χ0n) is 8.58. The van der Waals surface area contributed by atoms with E-state index in [1.54, 1.807) is 0 Å². The van der Waals surface area contributed by atoms with Crippen LogP contribution in [0.2, 0.25) is 0 Å². The van der Waals surface area contributed by atoms with Crippen molar-refractivity contribution in [2.24, 2.45) is 0 Å². The van der Waals surface area contributed by atoms with Gasteiger partial charge in [-0.3, -0.25) is 4.21 Å². The van der Waals surface area contributed by atoms with Crippen LogP contribution in [-0.4, -0.2) is 40.5 Å². The standard InChI is InChI=1S/C9H21NO2S/c1-3-4-7-13(12)8-9(10-2)5-6-11/h9-11H,3-8H2,1-2H3. The summed E-state index contributed by atoms with van der Waals surface area (Å²) in [6.07, 6.45) is 2.81.